The molecule has 1 amide bonds. The van der Waals surface area contributed by atoms with Crippen LogP contribution in [0.5, 0.6) is 0 Å². The smallest absolute Gasteiger partial charge is 0.241 e. The lowest BCUT2D eigenvalue weighted by Gasteiger charge is -2.20. The van der Waals surface area contributed by atoms with Crippen molar-refractivity contribution in [3.8, 4) is 6.07 Å². The third-order valence-corrected chi connectivity index (χ3v) is 4.32. The van der Waals surface area contributed by atoms with E-state index in [9.17, 15) is 4.79 Å². The summed E-state index contributed by atoms with van der Waals surface area (Å²) in [5.74, 6) is 0.479. The van der Waals surface area contributed by atoms with Gasteiger partial charge in [-0.3, -0.25) is 10.1 Å². The number of hydrogen-bond donors (Lipinski definition) is 2. The quantitative estimate of drug-likeness (QED) is 0.777. The molecular weight excluding hydrogens is 322 g/mol. The van der Waals surface area contributed by atoms with E-state index in [0.717, 1.165) is 12.0 Å². The summed E-state index contributed by atoms with van der Waals surface area (Å²) in [5.41, 5.74) is 3.48. The van der Waals surface area contributed by atoms with Gasteiger partial charge < -0.3 is 5.32 Å². The molecule has 2 aromatic rings. The summed E-state index contributed by atoms with van der Waals surface area (Å²) in [4.78, 5) is 12.4. The molecule has 0 spiro atoms. The molecule has 0 unspecified atom stereocenters. The highest BCUT2D eigenvalue weighted by atomic mass is 16.2. The average molecular weight is 349 g/mol. The Morgan fingerprint density at radius 3 is 2.31 bits per heavy atom. The molecule has 26 heavy (non-hydrogen) atoms. The van der Waals surface area contributed by atoms with Crippen LogP contribution in [0.15, 0.2) is 48.5 Å². The molecular formula is C22H27N3O. The Bertz CT molecular complexity index is 775. The van der Waals surface area contributed by atoms with Crippen molar-refractivity contribution >= 4 is 11.6 Å². The van der Waals surface area contributed by atoms with Crippen LogP contribution in [-0.2, 0) is 11.2 Å². The van der Waals surface area contributed by atoms with Gasteiger partial charge in [-0.25, -0.2) is 0 Å². The molecule has 0 aliphatic carbocycles. The molecule has 2 N–H and O–H groups in total. The van der Waals surface area contributed by atoms with Gasteiger partial charge in [0.1, 0.15) is 6.07 Å². The molecule has 2 aromatic carbocycles. The van der Waals surface area contributed by atoms with Crippen LogP contribution in [0.2, 0.25) is 0 Å². The highest BCUT2D eigenvalue weighted by Gasteiger charge is 2.17. The van der Waals surface area contributed by atoms with Gasteiger partial charge in [0.15, 0.2) is 0 Å². The molecule has 0 aromatic heterocycles. The van der Waals surface area contributed by atoms with E-state index in [0.29, 0.717) is 17.2 Å². The van der Waals surface area contributed by atoms with Crippen molar-refractivity contribution in [1.29, 1.82) is 5.26 Å². The normalized spacial score (nSPS) is 13.1. The highest BCUT2D eigenvalue weighted by Crippen LogP contribution is 2.17. The minimum Gasteiger partial charge on any atom is -0.324 e. The molecule has 2 rings (SSSR count). The molecule has 0 bridgehead atoms. The van der Waals surface area contributed by atoms with Crippen LogP contribution in [0, 0.1) is 17.2 Å². The van der Waals surface area contributed by atoms with E-state index in [4.69, 9.17) is 5.26 Å². The van der Waals surface area contributed by atoms with Gasteiger partial charge in [-0.1, -0.05) is 50.2 Å². The zero-order valence-electron chi connectivity index (χ0n) is 15.9. The van der Waals surface area contributed by atoms with Gasteiger partial charge in [0.25, 0.3) is 0 Å². The topological polar surface area (TPSA) is 64.9 Å². The Morgan fingerprint density at radius 2 is 1.69 bits per heavy atom. The number of hydrogen-bond acceptors (Lipinski definition) is 3. The van der Waals surface area contributed by atoms with E-state index in [2.05, 4.69) is 54.8 Å². The number of para-hydroxylation sites is 1. The summed E-state index contributed by atoms with van der Waals surface area (Å²) in [6.07, 6.45) is 1.07. The molecule has 0 radical (unpaired) electrons. The van der Waals surface area contributed by atoms with E-state index >= 15 is 0 Å². The van der Waals surface area contributed by atoms with Gasteiger partial charge in [-0.2, -0.15) is 5.26 Å². The van der Waals surface area contributed by atoms with Crippen LogP contribution in [0.3, 0.4) is 0 Å². The molecule has 0 aliphatic rings. The predicted molar refractivity (Wildman–Crippen MR) is 106 cm³/mol. The Balaban J connectivity index is 1.96. The van der Waals surface area contributed by atoms with Crippen molar-refractivity contribution < 1.29 is 4.79 Å². The first-order valence-corrected chi connectivity index (χ1v) is 9.05. The van der Waals surface area contributed by atoms with E-state index in [1.165, 1.54) is 5.56 Å². The highest BCUT2D eigenvalue weighted by molar-refractivity contribution is 5.95. The zero-order chi connectivity index (χ0) is 19.1. The third kappa shape index (κ3) is 5.44. The van der Waals surface area contributed by atoms with Gasteiger partial charge in [-0.15, -0.1) is 0 Å². The predicted octanol–water partition coefficient (Wildman–Crippen LogP) is 4.43. The summed E-state index contributed by atoms with van der Waals surface area (Å²) >= 11 is 0. The fraction of sp³-hybridized carbons (Fsp3) is 0.364. The first kappa shape index (κ1) is 19.7. The molecule has 0 aliphatic heterocycles. The second kappa shape index (κ2) is 9.17. The van der Waals surface area contributed by atoms with Crippen molar-refractivity contribution in [1.82, 2.24) is 5.32 Å². The van der Waals surface area contributed by atoms with Gasteiger partial charge in [0.05, 0.1) is 17.3 Å². The summed E-state index contributed by atoms with van der Waals surface area (Å²) in [6.45, 7) is 8.30. The fourth-order valence-electron chi connectivity index (χ4n) is 2.89. The molecule has 0 heterocycles. The lowest BCUT2D eigenvalue weighted by molar-refractivity contribution is -0.117. The number of benzene rings is 2. The number of nitrogens with one attached hydrogen (secondary N) is 2. The van der Waals surface area contributed by atoms with Crippen LogP contribution in [0.1, 0.15) is 50.4 Å². The van der Waals surface area contributed by atoms with E-state index in [1.54, 1.807) is 24.3 Å². The second-order valence-corrected chi connectivity index (χ2v) is 7.10. The van der Waals surface area contributed by atoms with Gasteiger partial charge in [0.2, 0.25) is 5.91 Å². The Hall–Kier alpha value is -2.64. The van der Waals surface area contributed by atoms with Gasteiger partial charge in [-0.05, 0) is 49.4 Å². The summed E-state index contributed by atoms with van der Waals surface area (Å²) < 4.78 is 0. The van der Waals surface area contributed by atoms with Crippen molar-refractivity contribution in [3.63, 3.8) is 0 Å². The lowest BCUT2D eigenvalue weighted by atomic mass is 9.99. The second-order valence-electron chi connectivity index (χ2n) is 7.10. The van der Waals surface area contributed by atoms with Crippen molar-refractivity contribution in [2.45, 2.75) is 46.2 Å². The van der Waals surface area contributed by atoms with Crippen molar-refractivity contribution in [3.05, 3.63) is 65.2 Å². The molecule has 4 heteroatoms. The van der Waals surface area contributed by atoms with Crippen LogP contribution in [0.4, 0.5) is 5.69 Å². The number of carbonyl (C=O) groups is 1. The maximum Gasteiger partial charge on any atom is 0.241 e. The first-order valence-electron chi connectivity index (χ1n) is 9.05. The van der Waals surface area contributed by atoms with Crippen LogP contribution < -0.4 is 10.6 Å². The Kier molecular flexibility index (Phi) is 6.94. The number of amides is 1. The fourth-order valence-corrected chi connectivity index (χ4v) is 2.89. The zero-order valence-corrected chi connectivity index (χ0v) is 15.9. The maximum absolute atomic E-state index is 12.4. The molecule has 0 saturated carbocycles. The monoisotopic (exact) mass is 349 g/mol. The largest absolute Gasteiger partial charge is 0.324 e. The Morgan fingerprint density at radius 1 is 1.04 bits per heavy atom. The lowest BCUT2D eigenvalue weighted by Crippen LogP contribution is -2.39. The van der Waals surface area contributed by atoms with Gasteiger partial charge in [0, 0.05) is 6.04 Å². The van der Waals surface area contributed by atoms with Crippen molar-refractivity contribution in [2.24, 2.45) is 5.92 Å². The number of anilines is 1. The van der Waals surface area contributed by atoms with Gasteiger partial charge >= 0.3 is 0 Å². The van der Waals surface area contributed by atoms with Crippen LogP contribution >= 0.6 is 0 Å². The average Bonchev–Trinajstić information content (AvgIpc) is 2.62. The maximum atomic E-state index is 12.4. The van der Waals surface area contributed by atoms with Crippen molar-refractivity contribution in [2.75, 3.05) is 5.32 Å². The number of nitriles is 1. The number of carbonyl (C=O) groups excluding carboxylic acids is 1. The number of nitrogens with zero attached hydrogens (tertiary/aromatic N) is 1. The Labute approximate surface area is 156 Å². The molecule has 2 atom stereocenters. The third-order valence-electron chi connectivity index (χ3n) is 4.32. The van der Waals surface area contributed by atoms with Crippen LogP contribution in [0.25, 0.3) is 0 Å². The minimum atomic E-state index is -0.382. The van der Waals surface area contributed by atoms with E-state index in [-0.39, 0.29) is 18.0 Å². The minimum absolute atomic E-state index is 0.0510. The van der Waals surface area contributed by atoms with Crippen LogP contribution in [-0.4, -0.2) is 11.9 Å². The summed E-state index contributed by atoms with van der Waals surface area (Å²) in [5, 5.41) is 15.3. The van der Waals surface area contributed by atoms with E-state index in [1.807, 2.05) is 13.8 Å². The van der Waals surface area contributed by atoms with E-state index < -0.39 is 0 Å². The molecule has 0 fully saturated rings. The number of rotatable bonds is 7. The SMILES string of the molecule is CC(C)Cc1ccc([C@H](C)N[C@@H](C)C(=O)Nc2ccccc2C#N)cc1. The molecule has 0 saturated heterocycles. The summed E-state index contributed by atoms with van der Waals surface area (Å²) in [7, 11) is 0. The molecule has 4 nitrogen and oxygen atoms in total. The summed E-state index contributed by atoms with van der Waals surface area (Å²) in [6, 6.07) is 17.3. The molecule has 136 valence electrons. The standard InChI is InChI=1S/C22H27N3O/c1-15(2)13-18-9-11-19(12-10-18)16(3)24-17(4)22(26)25-21-8-6-5-7-20(21)14-23/h5-12,15-17,24H,13H2,1-4H3,(H,25,26)/t16-,17-/m0/s1. The first-order chi connectivity index (χ1) is 12.4.